The van der Waals surface area contributed by atoms with E-state index in [4.69, 9.17) is 0 Å². The predicted octanol–water partition coefficient (Wildman–Crippen LogP) is 1.75. The number of nitrogens with zero attached hydrogens (tertiary/aromatic N) is 4. The molecule has 0 spiro atoms. The molecule has 6 nitrogen and oxygen atoms in total. The molecule has 0 radical (unpaired) electrons. The van der Waals surface area contributed by atoms with Gasteiger partial charge in [0.15, 0.2) is 5.82 Å². The molecule has 2 heterocycles. The number of nitrogens with one attached hydrogen (secondary N) is 1. The van der Waals surface area contributed by atoms with Gasteiger partial charge in [-0.05, 0) is 24.6 Å². The molecule has 1 aromatic carbocycles. The van der Waals surface area contributed by atoms with E-state index in [1.165, 1.54) is 0 Å². The third kappa shape index (κ3) is 2.20. The molecule has 0 atom stereocenters. The largest absolute Gasteiger partial charge is 0.508 e. The second kappa shape index (κ2) is 4.56. The van der Waals surface area contributed by atoms with Crippen molar-refractivity contribution in [1.29, 1.82) is 0 Å². The Balaban J connectivity index is 1.83. The highest BCUT2D eigenvalue weighted by molar-refractivity contribution is 5.62. The lowest BCUT2D eigenvalue weighted by molar-refractivity contribution is 0.475. The van der Waals surface area contributed by atoms with E-state index >= 15 is 0 Å². The number of fused-ring (bicyclic) bond motifs is 1. The third-order valence-corrected chi connectivity index (χ3v) is 2.89. The number of aromatic hydroxyl groups is 1. The maximum absolute atomic E-state index is 9.23. The monoisotopic (exact) mass is 255 g/mol. The van der Waals surface area contributed by atoms with Gasteiger partial charge in [-0.1, -0.05) is 12.1 Å². The Kier molecular flexibility index (Phi) is 2.75. The molecule has 0 fully saturated rings. The van der Waals surface area contributed by atoms with Crippen LogP contribution in [0.3, 0.4) is 0 Å². The molecule has 2 aromatic heterocycles. The number of benzene rings is 1. The van der Waals surface area contributed by atoms with Crippen molar-refractivity contribution < 1.29 is 5.11 Å². The summed E-state index contributed by atoms with van der Waals surface area (Å²) >= 11 is 0. The maximum atomic E-state index is 9.23. The summed E-state index contributed by atoms with van der Waals surface area (Å²) < 4.78 is 1.88. The summed E-state index contributed by atoms with van der Waals surface area (Å²) in [5, 5.41) is 20.6. The molecule has 0 bridgehead atoms. The zero-order valence-electron chi connectivity index (χ0n) is 10.4. The molecule has 0 amide bonds. The Morgan fingerprint density at radius 3 is 2.79 bits per heavy atom. The normalized spacial score (nSPS) is 10.8. The number of hydrogen-bond donors (Lipinski definition) is 2. The van der Waals surface area contributed by atoms with Crippen molar-refractivity contribution in [3.63, 3.8) is 0 Å². The van der Waals surface area contributed by atoms with Crippen LogP contribution in [0.1, 0.15) is 11.4 Å². The number of aromatic nitrogens is 4. The van der Waals surface area contributed by atoms with Crippen LogP contribution in [0.15, 0.2) is 36.7 Å². The number of phenols is 1. The molecule has 0 aliphatic carbocycles. The molecule has 0 saturated heterocycles. The van der Waals surface area contributed by atoms with E-state index in [0.717, 1.165) is 11.4 Å². The standard InChI is InChI=1S/C13H13N5O/c1-9-16-17-13-12(14-6-7-18(9)13)15-8-10-2-4-11(19)5-3-10/h2-7,19H,8H2,1H3,(H,14,15). The van der Waals surface area contributed by atoms with Gasteiger partial charge in [-0.2, -0.15) is 0 Å². The van der Waals surface area contributed by atoms with E-state index in [9.17, 15) is 5.11 Å². The second-order valence-corrected chi connectivity index (χ2v) is 4.24. The number of phenolic OH excluding ortho intramolecular Hbond substituents is 1. The number of anilines is 1. The van der Waals surface area contributed by atoms with Gasteiger partial charge in [-0.15, -0.1) is 10.2 Å². The van der Waals surface area contributed by atoms with Crippen LogP contribution < -0.4 is 5.32 Å². The Hall–Kier alpha value is -2.63. The van der Waals surface area contributed by atoms with E-state index in [2.05, 4.69) is 20.5 Å². The summed E-state index contributed by atoms with van der Waals surface area (Å²) in [6.07, 6.45) is 3.54. The average molecular weight is 255 g/mol. The minimum absolute atomic E-state index is 0.261. The molecule has 0 unspecified atom stereocenters. The van der Waals surface area contributed by atoms with Gasteiger partial charge in [0.1, 0.15) is 11.6 Å². The van der Waals surface area contributed by atoms with Crippen LogP contribution in [-0.2, 0) is 6.54 Å². The van der Waals surface area contributed by atoms with E-state index in [-0.39, 0.29) is 5.75 Å². The fourth-order valence-electron chi connectivity index (χ4n) is 1.87. The molecule has 3 aromatic rings. The second-order valence-electron chi connectivity index (χ2n) is 4.24. The SMILES string of the molecule is Cc1nnc2c(NCc3ccc(O)cc3)nccn12. The van der Waals surface area contributed by atoms with Crippen LogP contribution in [0.4, 0.5) is 5.82 Å². The van der Waals surface area contributed by atoms with Gasteiger partial charge in [-0.3, -0.25) is 4.40 Å². The summed E-state index contributed by atoms with van der Waals surface area (Å²) in [6, 6.07) is 7.04. The molecular weight excluding hydrogens is 242 g/mol. The lowest BCUT2D eigenvalue weighted by atomic mass is 10.2. The molecule has 0 aliphatic heterocycles. The summed E-state index contributed by atoms with van der Waals surface area (Å²) in [5.74, 6) is 1.78. The molecule has 6 heteroatoms. The van der Waals surface area contributed by atoms with E-state index < -0.39 is 0 Å². The van der Waals surface area contributed by atoms with Gasteiger partial charge in [0.2, 0.25) is 5.65 Å². The van der Waals surface area contributed by atoms with Crippen LogP contribution in [-0.4, -0.2) is 24.7 Å². The fraction of sp³-hybridized carbons (Fsp3) is 0.154. The first-order chi connectivity index (χ1) is 9.24. The van der Waals surface area contributed by atoms with Crippen molar-refractivity contribution in [2.45, 2.75) is 13.5 Å². The number of rotatable bonds is 3. The van der Waals surface area contributed by atoms with Crippen LogP contribution in [0.25, 0.3) is 5.65 Å². The number of aryl methyl sites for hydroxylation is 1. The molecule has 19 heavy (non-hydrogen) atoms. The molecule has 96 valence electrons. The Morgan fingerprint density at radius 2 is 2.00 bits per heavy atom. The van der Waals surface area contributed by atoms with Crippen LogP contribution in [0.2, 0.25) is 0 Å². The summed E-state index contributed by atoms with van der Waals surface area (Å²) in [5.41, 5.74) is 1.76. The lowest BCUT2D eigenvalue weighted by Gasteiger charge is -2.06. The highest BCUT2D eigenvalue weighted by atomic mass is 16.3. The fourth-order valence-corrected chi connectivity index (χ4v) is 1.87. The summed E-state index contributed by atoms with van der Waals surface area (Å²) in [7, 11) is 0. The Bertz CT molecular complexity index is 705. The van der Waals surface area contributed by atoms with Crippen molar-refractivity contribution >= 4 is 11.5 Å². The topological polar surface area (TPSA) is 75.3 Å². The van der Waals surface area contributed by atoms with Gasteiger partial charge < -0.3 is 10.4 Å². The minimum Gasteiger partial charge on any atom is -0.508 e. The van der Waals surface area contributed by atoms with Crippen molar-refractivity contribution in [2.75, 3.05) is 5.32 Å². The van der Waals surface area contributed by atoms with Crippen molar-refractivity contribution in [3.8, 4) is 5.75 Å². The third-order valence-electron chi connectivity index (χ3n) is 2.89. The summed E-state index contributed by atoms with van der Waals surface area (Å²) in [6.45, 7) is 2.50. The van der Waals surface area contributed by atoms with Crippen molar-refractivity contribution in [1.82, 2.24) is 19.6 Å². The van der Waals surface area contributed by atoms with Gasteiger partial charge >= 0.3 is 0 Å². The quantitative estimate of drug-likeness (QED) is 0.745. The lowest BCUT2D eigenvalue weighted by Crippen LogP contribution is -2.03. The predicted molar refractivity (Wildman–Crippen MR) is 71.0 cm³/mol. The van der Waals surface area contributed by atoms with Crippen molar-refractivity contribution in [2.24, 2.45) is 0 Å². The van der Waals surface area contributed by atoms with Crippen LogP contribution in [0, 0.1) is 6.92 Å². The molecule has 0 aliphatic rings. The van der Waals surface area contributed by atoms with Gasteiger partial charge in [0, 0.05) is 18.9 Å². The van der Waals surface area contributed by atoms with E-state index in [1.54, 1.807) is 18.3 Å². The molecule has 0 saturated carbocycles. The number of hydrogen-bond acceptors (Lipinski definition) is 5. The van der Waals surface area contributed by atoms with E-state index in [0.29, 0.717) is 18.0 Å². The Morgan fingerprint density at radius 1 is 1.21 bits per heavy atom. The Labute approximate surface area is 109 Å². The van der Waals surface area contributed by atoms with Crippen LogP contribution >= 0.6 is 0 Å². The van der Waals surface area contributed by atoms with Gasteiger partial charge in [-0.25, -0.2) is 4.98 Å². The molecule has 3 rings (SSSR count). The first-order valence-electron chi connectivity index (χ1n) is 5.92. The average Bonchev–Trinajstić information content (AvgIpc) is 2.81. The van der Waals surface area contributed by atoms with E-state index in [1.807, 2.05) is 29.7 Å². The first-order valence-corrected chi connectivity index (χ1v) is 5.92. The van der Waals surface area contributed by atoms with Gasteiger partial charge in [0.05, 0.1) is 0 Å². The molecular formula is C13H13N5O. The zero-order valence-corrected chi connectivity index (χ0v) is 10.4. The first kappa shape index (κ1) is 11.5. The maximum Gasteiger partial charge on any atom is 0.203 e. The zero-order chi connectivity index (χ0) is 13.2. The van der Waals surface area contributed by atoms with Gasteiger partial charge in [0.25, 0.3) is 0 Å². The van der Waals surface area contributed by atoms with Crippen molar-refractivity contribution in [3.05, 3.63) is 48.0 Å². The molecule has 2 N–H and O–H groups in total. The summed E-state index contributed by atoms with van der Waals surface area (Å²) in [4.78, 5) is 4.27. The highest BCUT2D eigenvalue weighted by Crippen LogP contribution is 2.14. The smallest absolute Gasteiger partial charge is 0.203 e. The highest BCUT2D eigenvalue weighted by Gasteiger charge is 2.06. The minimum atomic E-state index is 0.261. The van der Waals surface area contributed by atoms with Crippen LogP contribution in [0.5, 0.6) is 5.75 Å².